The standard InChI is InChI=1S/C12H17N3O4/c1-12(2,3)19-11(17)15-9(10(16)18-4)5-8-6-13-7-14-8/h5-7H,1-4H3,(H,13,14)(H,15,17)/b9-5+. The van der Waals surface area contributed by atoms with Crippen molar-refractivity contribution < 1.29 is 19.1 Å². The van der Waals surface area contributed by atoms with Gasteiger partial charge in [-0.3, -0.25) is 5.32 Å². The van der Waals surface area contributed by atoms with Crippen LogP contribution in [0.25, 0.3) is 6.08 Å². The minimum Gasteiger partial charge on any atom is -0.464 e. The first-order valence-electron chi connectivity index (χ1n) is 5.60. The number of carbonyl (C=O) groups is 2. The molecule has 0 aromatic carbocycles. The molecule has 0 saturated carbocycles. The summed E-state index contributed by atoms with van der Waals surface area (Å²) in [4.78, 5) is 29.7. The molecule has 0 aliphatic carbocycles. The lowest BCUT2D eigenvalue weighted by molar-refractivity contribution is -0.136. The molecule has 104 valence electrons. The fourth-order valence-corrected chi connectivity index (χ4v) is 1.17. The molecule has 7 heteroatoms. The number of esters is 1. The van der Waals surface area contributed by atoms with E-state index in [0.717, 1.165) is 0 Å². The summed E-state index contributed by atoms with van der Waals surface area (Å²) in [6, 6.07) is 0. The number of hydrogen-bond acceptors (Lipinski definition) is 5. The number of alkyl carbamates (subject to hydrolysis) is 1. The number of ether oxygens (including phenoxy) is 2. The van der Waals surface area contributed by atoms with Crippen LogP contribution in [0.5, 0.6) is 0 Å². The van der Waals surface area contributed by atoms with Crippen LogP contribution >= 0.6 is 0 Å². The number of H-pyrrole nitrogens is 1. The molecule has 0 bridgehead atoms. The third-order valence-electron chi connectivity index (χ3n) is 1.86. The van der Waals surface area contributed by atoms with E-state index < -0.39 is 17.7 Å². The number of nitrogens with one attached hydrogen (secondary N) is 2. The molecule has 7 nitrogen and oxygen atoms in total. The number of aromatic nitrogens is 2. The van der Waals surface area contributed by atoms with Gasteiger partial charge in [0.05, 0.1) is 25.3 Å². The topological polar surface area (TPSA) is 93.3 Å². The van der Waals surface area contributed by atoms with Crippen molar-refractivity contribution in [3.63, 3.8) is 0 Å². The van der Waals surface area contributed by atoms with Crippen LogP contribution in [-0.2, 0) is 14.3 Å². The van der Waals surface area contributed by atoms with Gasteiger partial charge in [0, 0.05) is 0 Å². The molecule has 0 aliphatic rings. The highest BCUT2D eigenvalue weighted by Gasteiger charge is 2.20. The Bertz CT molecular complexity index is 472. The summed E-state index contributed by atoms with van der Waals surface area (Å²) in [6.07, 6.45) is 3.63. The van der Waals surface area contributed by atoms with Crippen molar-refractivity contribution in [3.05, 3.63) is 23.9 Å². The molecule has 1 aromatic heterocycles. The van der Waals surface area contributed by atoms with Crippen molar-refractivity contribution in [2.45, 2.75) is 26.4 Å². The molecule has 1 rings (SSSR count). The summed E-state index contributed by atoms with van der Waals surface area (Å²) in [5, 5.41) is 2.34. The summed E-state index contributed by atoms with van der Waals surface area (Å²) >= 11 is 0. The van der Waals surface area contributed by atoms with Gasteiger partial charge in [-0.05, 0) is 26.8 Å². The Kier molecular flexibility index (Phi) is 4.68. The average molecular weight is 267 g/mol. The van der Waals surface area contributed by atoms with Gasteiger partial charge < -0.3 is 14.5 Å². The highest BCUT2D eigenvalue weighted by molar-refractivity contribution is 5.96. The number of methoxy groups -OCH3 is 1. The van der Waals surface area contributed by atoms with Crippen LogP contribution in [0.15, 0.2) is 18.2 Å². The Balaban J connectivity index is 2.82. The second-order valence-electron chi connectivity index (χ2n) is 4.68. The normalized spacial score (nSPS) is 11.9. The Morgan fingerprint density at radius 1 is 1.42 bits per heavy atom. The SMILES string of the molecule is COC(=O)/C(=C\c1cnc[nH]1)NC(=O)OC(C)(C)C. The maximum atomic E-state index is 11.6. The first kappa shape index (κ1) is 14.7. The van der Waals surface area contributed by atoms with Gasteiger partial charge in [-0.15, -0.1) is 0 Å². The van der Waals surface area contributed by atoms with Crippen molar-refractivity contribution >= 4 is 18.1 Å². The second-order valence-corrected chi connectivity index (χ2v) is 4.68. The molecule has 0 radical (unpaired) electrons. The molecule has 1 amide bonds. The van der Waals surface area contributed by atoms with Crippen LogP contribution in [-0.4, -0.2) is 34.7 Å². The second kappa shape index (κ2) is 6.03. The number of aromatic amines is 1. The van der Waals surface area contributed by atoms with Gasteiger partial charge in [0.2, 0.25) is 0 Å². The third kappa shape index (κ3) is 5.24. The smallest absolute Gasteiger partial charge is 0.412 e. The van der Waals surface area contributed by atoms with Crippen molar-refractivity contribution in [2.75, 3.05) is 7.11 Å². The summed E-state index contributed by atoms with van der Waals surface area (Å²) in [5.74, 6) is -0.680. The number of rotatable bonds is 3. The van der Waals surface area contributed by atoms with E-state index in [2.05, 4.69) is 20.0 Å². The van der Waals surface area contributed by atoms with Gasteiger partial charge in [-0.1, -0.05) is 0 Å². The zero-order valence-electron chi connectivity index (χ0n) is 11.3. The fourth-order valence-electron chi connectivity index (χ4n) is 1.17. The summed E-state index contributed by atoms with van der Waals surface area (Å²) in [5.41, 5.74) is -0.142. The monoisotopic (exact) mass is 267 g/mol. The van der Waals surface area contributed by atoms with Gasteiger partial charge in [0.25, 0.3) is 0 Å². The fraction of sp³-hybridized carbons (Fsp3) is 0.417. The number of imidazole rings is 1. The van der Waals surface area contributed by atoms with Gasteiger partial charge in [0.1, 0.15) is 11.3 Å². The Morgan fingerprint density at radius 2 is 2.11 bits per heavy atom. The van der Waals surface area contributed by atoms with Crippen LogP contribution in [0, 0.1) is 0 Å². The molecule has 0 aliphatic heterocycles. The van der Waals surface area contributed by atoms with Crippen LogP contribution in [0.1, 0.15) is 26.5 Å². The van der Waals surface area contributed by atoms with Crippen molar-refractivity contribution in [1.29, 1.82) is 0 Å². The van der Waals surface area contributed by atoms with E-state index in [4.69, 9.17) is 4.74 Å². The number of amides is 1. The molecule has 0 saturated heterocycles. The molecule has 1 aromatic rings. The summed E-state index contributed by atoms with van der Waals surface area (Å²) < 4.78 is 9.64. The zero-order valence-corrected chi connectivity index (χ0v) is 11.3. The quantitative estimate of drug-likeness (QED) is 0.638. The lowest BCUT2D eigenvalue weighted by Gasteiger charge is -2.20. The van der Waals surface area contributed by atoms with E-state index in [1.54, 1.807) is 20.8 Å². The number of carbonyl (C=O) groups excluding carboxylic acids is 2. The van der Waals surface area contributed by atoms with Crippen LogP contribution in [0.4, 0.5) is 4.79 Å². The maximum absolute atomic E-state index is 11.6. The van der Waals surface area contributed by atoms with Crippen molar-refractivity contribution in [3.8, 4) is 0 Å². The van der Waals surface area contributed by atoms with E-state index >= 15 is 0 Å². The van der Waals surface area contributed by atoms with Gasteiger partial charge in [0.15, 0.2) is 0 Å². The largest absolute Gasteiger partial charge is 0.464 e. The highest BCUT2D eigenvalue weighted by Crippen LogP contribution is 2.08. The molecule has 0 fully saturated rings. The summed E-state index contributed by atoms with van der Waals surface area (Å²) in [7, 11) is 1.22. The van der Waals surface area contributed by atoms with Gasteiger partial charge in [-0.25, -0.2) is 14.6 Å². The van der Waals surface area contributed by atoms with Crippen LogP contribution in [0.2, 0.25) is 0 Å². The zero-order chi connectivity index (χ0) is 14.5. The van der Waals surface area contributed by atoms with Gasteiger partial charge >= 0.3 is 12.1 Å². The number of nitrogens with zero attached hydrogens (tertiary/aromatic N) is 1. The van der Waals surface area contributed by atoms with Crippen molar-refractivity contribution in [2.24, 2.45) is 0 Å². The Hall–Kier alpha value is -2.31. The highest BCUT2D eigenvalue weighted by atomic mass is 16.6. The molecule has 2 N–H and O–H groups in total. The maximum Gasteiger partial charge on any atom is 0.412 e. The first-order chi connectivity index (χ1) is 8.81. The van der Waals surface area contributed by atoms with Crippen LogP contribution in [0.3, 0.4) is 0 Å². The Labute approximate surface area is 111 Å². The number of hydrogen-bond donors (Lipinski definition) is 2. The molecule has 0 unspecified atom stereocenters. The van der Waals surface area contributed by atoms with E-state index in [-0.39, 0.29) is 5.70 Å². The van der Waals surface area contributed by atoms with E-state index in [1.807, 2.05) is 0 Å². The minimum atomic E-state index is -0.733. The Morgan fingerprint density at radius 3 is 2.58 bits per heavy atom. The van der Waals surface area contributed by atoms with E-state index in [1.165, 1.54) is 25.7 Å². The summed E-state index contributed by atoms with van der Waals surface area (Å²) in [6.45, 7) is 5.18. The van der Waals surface area contributed by atoms with E-state index in [0.29, 0.717) is 5.69 Å². The van der Waals surface area contributed by atoms with Crippen molar-refractivity contribution in [1.82, 2.24) is 15.3 Å². The average Bonchev–Trinajstić information content (AvgIpc) is 2.77. The molecule has 19 heavy (non-hydrogen) atoms. The molecule has 0 atom stereocenters. The predicted molar refractivity (Wildman–Crippen MR) is 68.0 cm³/mol. The molecular weight excluding hydrogens is 250 g/mol. The van der Waals surface area contributed by atoms with E-state index in [9.17, 15) is 9.59 Å². The molecular formula is C12H17N3O4. The lowest BCUT2D eigenvalue weighted by atomic mass is 10.2. The lowest BCUT2D eigenvalue weighted by Crippen LogP contribution is -2.34. The minimum absolute atomic E-state index is 0.0407. The first-order valence-corrected chi connectivity index (χ1v) is 5.60. The molecule has 1 heterocycles. The van der Waals surface area contributed by atoms with Gasteiger partial charge in [-0.2, -0.15) is 0 Å². The molecule has 0 spiro atoms. The predicted octanol–water partition coefficient (Wildman–Crippen LogP) is 1.45. The van der Waals surface area contributed by atoms with Crippen LogP contribution < -0.4 is 5.32 Å². The third-order valence-corrected chi connectivity index (χ3v) is 1.86.